The Bertz CT molecular complexity index is 743. The number of hydrogen-bond acceptors (Lipinski definition) is 6. The maximum Gasteiger partial charge on any atom is 0.261 e. The first-order chi connectivity index (χ1) is 11.2. The average Bonchev–Trinajstić information content (AvgIpc) is 3.23. The Morgan fingerprint density at radius 3 is 2.96 bits per heavy atom. The van der Waals surface area contributed by atoms with E-state index in [0.717, 1.165) is 5.56 Å². The van der Waals surface area contributed by atoms with Gasteiger partial charge >= 0.3 is 0 Å². The maximum absolute atomic E-state index is 11.7. The predicted molar refractivity (Wildman–Crippen MR) is 85.0 cm³/mol. The zero-order chi connectivity index (χ0) is 16.1. The van der Waals surface area contributed by atoms with Gasteiger partial charge in [-0.05, 0) is 35.2 Å². The monoisotopic (exact) mass is 331 g/mol. The number of ether oxygens (including phenoxy) is 2. The summed E-state index contributed by atoms with van der Waals surface area (Å²) in [7, 11) is 0. The largest absolute Gasteiger partial charge is 0.454 e. The van der Waals surface area contributed by atoms with Crippen molar-refractivity contribution in [2.75, 3.05) is 13.3 Å². The molecule has 8 heteroatoms. The van der Waals surface area contributed by atoms with E-state index < -0.39 is 5.91 Å². The number of carbonyl (C=O) groups excluding carboxylic acids is 2. The lowest BCUT2D eigenvalue weighted by Gasteiger charge is -2.02. The Labute approximate surface area is 135 Å². The minimum Gasteiger partial charge on any atom is -0.454 e. The molecule has 0 unspecified atom stereocenters. The Balaban J connectivity index is 1.46. The van der Waals surface area contributed by atoms with Crippen LogP contribution in [0.15, 0.2) is 40.8 Å². The highest BCUT2D eigenvalue weighted by Crippen LogP contribution is 2.31. The standard InChI is InChI=1S/C15H13N3O4S/c19-14(8-16-15(20)13-2-1-5-23-13)18-17-7-10-3-4-11-12(6-10)22-9-21-11/h1-7H,8-9H2,(H,16,20)(H,18,19)/b17-7-. The lowest BCUT2D eigenvalue weighted by molar-refractivity contribution is -0.120. The van der Waals surface area contributed by atoms with E-state index in [2.05, 4.69) is 15.8 Å². The molecule has 23 heavy (non-hydrogen) atoms. The predicted octanol–water partition coefficient (Wildman–Crippen LogP) is 1.36. The second kappa shape index (κ2) is 6.93. The summed E-state index contributed by atoms with van der Waals surface area (Å²) in [5.41, 5.74) is 3.11. The number of fused-ring (bicyclic) bond motifs is 1. The first kappa shape index (κ1) is 15.0. The SMILES string of the molecule is O=C(CNC(=O)c1cccs1)N/N=C\c1ccc2c(c1)OCO2. The third-order valence-corrected chi connectivity index (χ3v) is 3.82. The molecule has 0 bridgehead atoms. The third kappa shape index (κ3) is 3.86. The van der Waals surface area contributed by atoms with Crippen molar-refractivity contribution in [2.24, 2.45) is 5.10 Å². The molecule has 1 aromatic heterocycles. The quantitative estimate of drug-likeness (QED) is 0.639. The van der Waals surface area contributed by atoms with Gasteiger partial charge < -0.3 is 14.8 Å². The number of rotatable bonds is 5. The molecule has 118 valence electrons. The van der Waals surface area contributed by atoms with E-state index >= 15 is 0 Å². The van der Waals surface area contributed by atoms with Crippen LogP contribution in [-0.2, 0) is 4.79 Å². The van der Waals surface area contributed by atoms with Crippen LogP contribution in [0.1, 0.15) is 15.2 Å². The first-order valence-corrected chi connectivity index (χ1v) is 7.63. The van der Waals surface area contributed by atoms with Gasteiger partial charge in [0.05, 0.1) is 17.6 Å². The van der Waals surface area contributed by atoms with Gasteiger partial charge in [-0.2, -0.15) is 5.10 Å². The third-order valence-electron chi connectivity index (χ3n) is 2.95. The van der Waals surface area contributed by atoms with E-state index in [1.807, 2.05) is 0 Å². The van der Waals surface area contributed by atoms with Gasteiger partial charge in [-0.25, -0.2) is 5.43 Å². The number of carbonyl (C=O) groups is 2. The lowest BCUT2D eigenvalue weighted by Crippen LogP contribution is -2.34. The number of thiophene rings is 1. The van der Waals surface area contributed by atoms with Crippen molar-refractivity contribution in [3.63, 3.8) is 0 Å². The second-order valence-corrected chi connectivity index (χ2v) is 5.51. The van der Waals surface area contributed by atoms with Crippen LogP contribution in [0.25, 0.3) is 0 Å². The van der Waals surface area contributed by atoms with E-state index in [1.165, 1.54) is 17.6 Å². The number of benzene rings is 1. The van der Waals surface area contributed by atoms with Crippen LogP contribution in [0.3, 0.4) is 0 Å². The van der Waals surface area contributed by atoms with Crippen molar-refractivity contribution < 1.29 is 19.1 Å². The topological polar surface area (TPSA) is 89.0 Å². The van der Waals surface area contributed by atoms with Crippen LogP contribution in [0.4, 0.5) is 0 Å². The van der Waals surface area contributed by atoms with E-state index in [0.29, 0.717) is 16.4 Å². The van der Waals surface area contributed by atoms with Gasteiger partial charge in [-0.15, -0.1) is 11.3 Å². The average molecular weight is 331 g/mol. The van der Waals surface area contributed by atoms with E-state index in [4.69, 9.17) is 9.47 Å². The summed E-state index contributed by atoms with van der Waals surface area (Å²) in [6.07, 6.45) is 1.49. The fraction of sp³-hybridized carbons (Fsp3) is 0.133. The van der Waals surface area contributed by atoms with Crippen LogP contribution < -0.4 is 20.2 Å². The summed E-state index contributed by atoms with van der Waals surface area (Å²) >= 11 is 1.31. The van der Waals surface area contributed by atoms with Crippen molar-refractivity contribution in [1.82, 2.24) is 10.7 Å². The molecule has 0 radical (unpaired) electrons. The molecule has 1 aliphatic heterocycles. The molecule has 0 aliphatic carbocycles. The smallest absolute Gasteiger partial charge is 0.261 e. The number of amides is 2. The Kier molecular flexibility index (Phi) is 4.53. The normalized spacial score (nSPS) is 12.3. The zero-order valence-electron chi connectivity index (χ0n) is 11.9. The van der Waals surface area contributed by atoms with Crippen molar-refractivity contribution in [3.05, 3.63) is 46.2 Å². The molecular formula is C15H13N3O4S. The highest BCUT2D eigenvalue weighted by molar-refractivity contribution is 7.12. The zero-order valence-corrected chi connectivity index (χ0v) is 12.8. The molecule has 2 N–H and O–H groups in total. The molecule has 0 spiro atoms. The Hall–Kier alpha value is -2.87. The van der Waals surface area contributed by atoms with Crippen LogP contribution in [0.5, 0.6) is 11.5 Å². The van der Waals surface area contributed by atoms with Gasteiger partial charge in [0, 0.05) is 0 Å². The van der Waals surface area contributed by atoms with Crippen molar-refractivity contribution in [3.8, 4) is 11.5 Å². The van der Waals surface area contributed by atoms with Crippen LogP contribution >= 0.6 is 11.3 Å². The highest BCUT2D eigenvalue weighted by atomic mass is 32.1. The number of nitrogens with zero attached hydrogens (tertiary/aromatic N) is 1. The Morgan fingerprint density at radius 2 is 2.13 bits per heavy atom. The van der Waals surface area contributed by atoms with Crippen molar-refractivity contribution >= 4 is 29.4 Å². The minimum atomic E-state index is -0.410. The van der Waals surface area contributed by atoms with Gasteiger partial charge in [0.2, 0.25) is 6.79 Å². The van der Waals surface area contributed by atoms with Crippen LogP contribution in [-0.4, -0.2) is 31.4 Å². The molecular weight excluding hydrogens is 318 g/mol. The fourth-order valence-corrected chi connectivity index (χ4v) is 2.51. The van der Waals surface area contributed by atoms with Gasteiger partial charge in [0.1, 0.15) is 0 Å². The maximum atomic E-state index is 11.7. The first-order valence-electron chi connectivity index (χ1n) is 6.75. The highest BCUT2D eigenvalue weighted by Gasteiger charge is 2.12. The van der Waals surface area contributed by atoms with Gasteiger partial charge in [-0.1, -0.05) is 6.07 Å². The van der Waals surface area contributed by atoms with Crippen LogP contribution in [0, 0.1) is 0 Å². The van der Waals surface area contributed by atoms with Gasteiger partial charge in [0.25, 0.3) is 11.8 Å². The fourth-order valence-electron chi connectivity index (χ4n) is 1.87. The molecule has 3 rings (SSSR count). The molecule has 7 nitrogen and oxygen atoms in total. The van der Waals surface area contributed by atoms with Gasteiger partial charge in [0.15, 0.2) is 11.5 Å². The van der Waals surface area contributed by atoms with Crippen molar-refractivity contribution in [2.45, 2.75) is 0 Å². The van der Waals surface area contributed by atoms with Crippen molar-refractivity contribution in [1.29, 1.82) is 0 Å². The molecule has 0 atom stereocenters. The summed E-state index contributed by atoms with van der Waals surface area (Å²) in [6.45, 7) is 0.0613. The molecule has 2 aromatic rings. The second-order valence-electron chi connectivity index (χ2n) is 4.57. The summed E-state index contributed by atoms with van der Waals surface area (Å²) in [6, 6.07) is 8.79. The van der Waals surface area contributed by atoms with Gasteiger partial charge in [-0.3, -0.25) is 9.59 Å². The lowest BCUT2D eigenvalue weighted by atomic mass is 10.2. The number of hydrogen-bond donors (Lipinski definition) is 2. The van der Waals surface area contributed by atoms with E-state index in [-0.39, 0.29) is 19.2 Å². The minimum absolute atomic E-state index is 0.144. The molecule has 0 fully saturated rings. The van der Waals surface area contributed by atoms with E-state index in [1.54, 1.807) is 35.7 Å². The summed E-state index contributed by atoms with van der Waals surface area (Å²) < 4.78 is 10.5. The van der Waals surface area contributed by atoms with E-state index in [9.17, 15) is 9.59 Å². The van der Waals surface area contributed by atoms with Crippen LogP contribution in [0.2, 0.25) is 0 Å². The molecule has 2 amide bonds. The summed E-state index contributed by atoms with van der Waals surface area (Å²) in [5, 5.41) is 8.15. The molecule has 1 aromatic carbocycles. The summed E-state index contributed by atoms with van der Waals surface area (Å²) in [5.74, 6) is 0.632. The number of nitrogens with one attached hydrogen (secondary N) is 2. The Morgan fingerprint density at radius 1 is 1.26 bits per heavy atom. The number of hydrazone groups is 1. The summed E-state index contributed by atoms with van der Waals surface area (Å²) in [4.78, 5) is 23.8. The molecule has 0 saturated heterocycles. The molecule has 2 heterocycles. The molecule has 0 saturated carbocycles. The molecule has 1 aliphatic rings.